The Morgan fingerprint density at radius 3 is 2.53 bits per heavy atom. The molecule has 0 aromatic carbocycles. The summed E-state index contributed by atoms with van der Waals surface area (Å²) in [6.07, 6.45) is 0. The Bertz CT molecular complexity index is 470. The van der Waals surface area contributed by atoms with Gasteiger partial charge in [-0.1, -0.05) is 23.1 Å². The van der Waals surface area contributed by atoms with Crippen molar-refractivity contribution in [3.63, 3.8) is 0 Å². The minimum atomic E-state index is -0.916. The number of amides is 2. The minimum Gasteiger partial charge on any atom is -0.480 e. The molecule has 3 N–H and O–H groups in total. The fourth-order valence-corrected chi connectivity index (χ4v) is 2.80. The van der Waals surface area contributed by atoms with Crippen LogP contribution in [0.15, 0.2) is 4.34 Å². The van der Waals surface area contributed by atoms with Crippen molar-refractivity contribution in [1.82, 2.24) is 15.5 Å². The SMILES string of the molecule is C[C@H](Sc1nnc(NC(=O)NC(C)(C)C)s1)C(=O)O. The van der Waals surface area contributed by atoms with Crippen LogP contribution in [-0.4, -0.2) is 38.1 Å². The van der Waals surface area contributed by atoms with Gasteiger partial charge < -0.3 is 10.4 Å². The van der Waals surface area contributed by atoms with Crippen molar-refractivity contribution in [3.8, 4) is 0 Å². The van der Waals surface area contributed by atoms with E-state index in [1.807, 2.05) is 20.8 Å². The monoisotopic (exact) mass is 304 g/mol. The molecule has 0 aliphatic heterocycles. The molecule has 1 atom stereocenters. The third-order valence-corrected chi connectivity index (χ3v) is 3.75. The summed E-state index contributed by atoms with van der Waals surface area (Å²) >= 11 is 2.22. The molecule has 0 saturated carbocycles. The molecule has 19 heavy (non-hydrogen) atoms. The number of thioether (sulfide) groups is 1. The Balaban J connectivity index is 2.56. The van der Waals surface area contributed by atoms with Crippen LogP contribution in [-0.2, 0) is 4.79 Å². The summed E-state index contributed by atoms with van der Waals surface area (Å²) in [5.74, 6) is -0.916. The highest BCUT2D eigenvalue weighted by molar-refractivity contribution is 8.02. The zero-order valence-corrected chi connectivity index (χ0v) is 12.7. The van der Waals surface area contributed by atoms with Crippen LogP contribution in [0, 0.1) is 0 Å². The van der Waals surface area contributed by atoms with Crippen LogP contribution in [0.25, 0.3) is 0 Å². The number of carboxylic acids is 1. The first-order valence-corrected chi connectivity index (χ1v) is 7.19. The van der Waals surface area contributed by atoms with E-state index in [0.29, 0.717) is 9.47 Å². The first-order valence-electron chi connectivity index (χ1n) is 5.49. The molecule has 0 spiro atoms. The lowest BCUT2D eigenvalue weighted by atomic mass is 10.1. The van der Waals surface area contributed by atoms with Crippen molar-refractivity contribution in [2.45, 2.75) is 42.8 Å². The van der Waals surface area contributed by atoms with Crippen molar-refractivity contribution >= 4 is 40.2 Å². The number of hydrogen-bond donors (Lipinski definition) is 3. The summed E-state index contributed by atoms with van der Waals surface area (Å²) in [6, 6.07) is -0.369. The zero-order valence-electron chi connectivity index (χ0n) is 11.1. The number of rotatable bonds is 4. The Hall–Kier alpha value is -1.35. The Labute approximate surface area is 119 Å². The number of hydrogen-bond acceptors (Lipinski definition) is 6. The molecule has 0 saturated heterocycles. The van der Waals surface area contributed by atoms with Gasteiger partial charge in [-0.3, -0.25) is 10.1 Å². The van der Waals surface area contributed by atoms with Gasteiger partial charge in [0.05, 0.1) is 0 Å². The lowest BCUT2D eigenvalue weighted by molar-refractivity contribution is -0.136. The van der Waals surface area contributed by atoms with Crippen LogP contribution in [0.3, 0.4) is 0 Å². The topological polar surface area (TPSA) is 104 Å². The van der Waals surface area contributed by atoms with Crippen molar-refractivity contribution in [3.05, 3.63) is 0 Å². The van der Waals surface area contributed by atoms with E-state index in [0.717, 1.165) is 23.1 Å². The Morgan fingerprint density at radius 2 is 2.00 bits per heavy atom. The van der Waals surface area contributed by atoms with Crippen LogP contribution in [0.4, 0.5) is 9.93 Å². The van der Waals surface area contributed by atoms with E-state index in [-0.39, 0.29) is 11.6 Å². The third-order valence-electron chi connectivity index (χ3n) is 1.74. The fourth-order valence-electron chi connectivity index (χ4n) is 0.979. The minimum absolute atomic E-state index is 0.335. The molecule has 2 amide bonds. The molecule has 1 aromatic heterocycles. The highest BCUT2D eigenvalue weighted by Gasteiger charge is 2.18. The maximum atomic E-state index is 11.6. The number of aliphatic carboxylic acids is 1. The lowest BCUT2D eigenvalue weighted by Gasteiger charge is -2.19. The Morgan fingerprint density at radius 1 is 1.37 bits per heavy atom. The second-order valence-electron chi connectivity index (χ2n) is 4.80. The lowest BCUT2D eigenvalue weighted by Crippen LogP contribution is -2.43. The summed E-state index contributed by atoms with van der Waals surface area (Å²) in [6.45, 7) is 7.15. The summed E-state index contributed by atoms with van der Waals surface area (Å²) in [5, 5.41) is 21.4. The number of anilines is 1. The number of carboxylic acid groups (broad SMARTS) is 1. The molecule has 0 aliphatic carbocycles. The molecule has 1 rings (SSSR count). The van der Waals surface area contributed by atoms with Gasteiger partial charge in [-0.05, 0) is 27.7 Å². The molecule has 9 heteroatoms. The molecule has 106 valence electrons. The average molecular weight is 304 g/mol. The van der Waals surface area contributed by atoms with Gasteiger partial charge in [0.25, 0.3) is 0 Å². The zero-order chi connectivity index (χ0) is 14.6. The average Bonchev–Trinajstić information content (AvgIpc) is 2.61. The molecular weight excluding hydrogens is 288 g/mol. The van der Waals surface area contributed by atoms with E-state index in [9.17, 15) is 9.59 Å². The van der Waals surface area contributed by atoms with E-state index in [1.165, 1.54) is 0 Å². The van der Waals surface area contributed by atoms with Gasteiger partial charge in [0.2, 0.25) is 5.13 Å². The number of carbonyl (C=O) groups excluding carboxylic acids is 1. The van der Waals surface area contributed by atoms with Gasteiger partial charge >= 0.3 is 12.0 Å². The van der Waals surface area contributed by atoms with E-state index in [2.05, 4.69) is 20.8 Å². The summed E-state index contributed by atoms with van der Waals surface area (Å²) < 4.78 is 0.501. The predicted molar refractivity (Wildman–Crippen MR) is 74.8 cm³/mol. The second-order valence-corrected chi connectivity index (χ2v) is 7.37. The smallest absolute Gasteiger partial charge is 0.321 e. The van der Waals surface area contributed by atoms with Crippen LogP contribution >= 0.6 is 23.1 Å². The highest BCUT2D eigenvalue weighted by Crippen LogP contribution is 2.28. The number of aromatic nitrogens is 2. The van der Waals surface area contributed by atoms with Crippen LogP contribution in [0.1, 0.15) is 27.7 Å². The first-order chi connectivity index (χ1) is 8.67. The molecule has 1 aromatic rings. The van der Waals surface area contributed by atoms with E-state index in [4.69, 9.17) is 5.11 Å². The van der Waals surface area contributed by atoms with Gasteiger partial charge in [0.15, 0.2) is 4.34 Å². The number of nitrogens with one attached hydrogen (secondary N) is 2. The maximum absolute atomic E-state index is 11.6. The highest BCUT2D eigenvalue weighted by atomic mass is 32.2. The molecular formula is C10H16N4O3S2. The predicted octanol–water partition coefficient (Wildman–Crippen LogP) is 2.02. The van der Waals surface area contributed by atoms with Gasteiger partial charge in [0.1, 0.15) is 5.25 Å². The van der Waals surface area contributed by atoms with Gasteiger partial charge in [-0.15, -0.1) is 10.2 Å². The van der Waals surface area contributed by atoms with Crippen LogP contribution in [0.2, 0.25) is 0 Å². The number of urea groups is 1. The van der Waals surface area contributed by atoms with Gasteiger partial charge in [0, 0.05) is 5.54 Å². The van der Waals surface area contributed by atoms with Crippen molar-refractivity contribution in [2.24, 2.45) is 0 Å². The summed E-state index contributed by atoms with van der Waals surface area (Å²) in [5.41, 5.74) is -0.343. The largest absolute Gasteiger partial charge is 0.480 e. The van der Waals surface area contributed by atoms with Gasteiger partial charge in [-0.2, -0.15) is 0 Å². The Kier molecular flexibility index (Phi) is 5.12. The standard InChI is InChI=1S/C10H16N4O3S2/c1-5(6(15)16)18-9-14-13-8(19-9)11-7(17)12-10(2,3)4/h5H,1-4H3,(H,15,16)(H2,11,12,13,17)/t5-/m0/s1. The number of nitrogens with zero attached hydrogens (tertiary/aromatic N) is 2. The normalized spacial score (nSPS) is 12.8. The van der Waals surface area contributed by atoms with Crippen molar-refractivity contribution < 1.29 is 14.7 Å². The third kappa shape index (κ3) is 5.88. The van der Waals surface area contributed by atoms with E-state index in [1.54, 1.807) is 6.92 Å². The molecule has 0 radical (unpaired) electrons. The number of carbonyl (C=O) groups is 2. The summed E-state index contributed by atoms with van der Waals surface area (Å²) in [4.78, 5) is 22.3. The van der Waals surface area contributed by atoms with Crippen LogP contribution in [0.5, 0.6) is 0 Å². The molecule has 7 nitrogen and oxygen atoms in total. The first kappa shape index (κ1) is 15.7. The molecule has 0 aliphatic rings. The molecule has 1 heterocycles. The molecule has 0 fully saturated rings. The second kappa shape index (κ2) is 6.20. The van der Waals surface area contributed by atoms with Crippen LogP contribution < -0.4 is 10.6 Å². The molecule has 0 bridgehead atoms. The van der Waals surface area contributed by atoms with E-state index >= 15 is 0 Å². The fraction of sp³-hybridized carbons (Fsp3) is 0.600. The van der Waals surface area contributed by atoms with E-state index < -0.39 is 11.2 Å². The quantitative estimate of drug-likeness (QED) is 0.580. The van der Waals surface area contributed by atoms with Crippen molar-refractivity contribution in [1.29, 1.82) is 0 Å². The van der Waals surface area contributed by atoms with Crippen molar-refractivity contribution in [2.75, 3.05) is 5.32 Å². The van der Waals surface area contributed by atoms with Gasteiger partial charge in [-0.25, -0.2) is 4.79 Å². The summed E-state index contributed by atoms with van der Waals surface area (Å²) in [7, 11) is 0. The molecule has 0 unspecified atom stereocenters. The maximum Gasteiger partial charge on any atom is 0.321 e.